The Morgan fingerprint density at radius 3 is 2.73 bits per heavy atom. The predicted molar refractivity (Wildman–Crippen MR) is 166 cm³/mol. The van der Waals surface area contributed by atoms with Gasteiger partial charge in [0.05, 0.1) is 5.52 Å². The summed E-state index contributed by atoms with van der Waals surface area (Å²) in [5, 5.41) is 9.26. The molecule has 7 heteroatoms. The number of aromatic nitrogens is 3. The first-order valence-electron chi connectivity index (χ1n) is 14.8. The van der Waals surface area contributed by atoms with Crippen LogP contribution in [0.3, 0.4) is 0 Å². The van der Waals surface area contributed by atoms with E-state index in [4.69, 9.17) is 10.5 Å². The Kier molecular flexibility index (Phi) is 8.05. The summed E-state index contributed by atoms with van der Waals surface area (Å²) in [4.78, 5) is 15.4. The Morgan fingerprint density at radius 2 is 1.88 bits per heavy atom. The van der Waals surface area contributed by atoms with Crippen LogP contribution in [0.15, 0.2) is 72.8 Å². The number of nitrogens with one attached hydrogen (secondary N) is 1. The summed E-state index contributed by atoms with van der Waals surface area (Å²) < 4.78 is 7.78. The van der Waals surface area contributed by atoms with E-state index >= 15 is 0 Å². The zero-order valence-corrected chi connectivity index (χ0v) is 23.8. The molecule has 0 radical (unpaired) electrons. The second-order valence-electron chi connectivity index (χ2n) is 11.2. The molecule has 1 saturated heterocycles. The number of amides is 1. The third-order valence-electron chi connectivity index (χ3n) is 8.50. The summed E-state index contributed by atoms with van der Waals surface area (Å²) in [5.41, 5.74) is 13.1. The Labute approximate surface area is 241 Å². The molecule has 3 N–H and O–H groups in total. The highest BCUT2D eigenvalue weighted by Crippen LogP contribution is 2.32. The number of anilines is 1. The molecular formula is C34H39N5O2. The van der Waals surface area contributed by atoms with Crippen LogP contribution in [0, 0.1) is 0 Å². The van der Waals surface area contributed by atoms with E-state index in [1.165, 1.54) is 22.2 Å². The van der Waals surface area contributed by atoms with Crippen molar-refractivity contribution < 1.29 is 9.53 Å². The van der Waals surface area contributed by atoms with Crippen molar-refractivity contribution in [2.45, 2.75) is 51.0 Å². The molecule has 0 saturated carbocycles. The number of aromatic amines is 1. The van der Waals surface area contributed by atoms with E-state index in [0.717, 1.165) is 80.4 Å². The van der Waals surface area contributed by atoms with Crippen LogP contribution >= 0.6 is 0 Å². The van der Waals surface area contributed by atoms with Crippen molar-refractivity contribution in [3.8, 4) is 11.1 Å². The lowest BCUT2D eigenvalue weighted by atomic mass is 9.94. The first-order valence-corrected chi connectivity index (χ1v) is 14.8. The second kappa shape index (κ2) is 12.2. The zero-order chi connectivity index (χ0) is 28.2. The number of H-pyrrole nitrogens is 1. The van der Waals surface area contributed by atoms with Gasteiger partial charge >= 0.3 is 0 Å². The van der Waals surface area contributed by atoms with Gasteiger partial charge in [-0.1, -0.05) is 48.5 Å². The van der Waals surface area contributed by atoms with Gasteiger partial charge in [0.25, 0.3) is 0 Å². The SMILES string of the molecule is COCCCn1c(C2CCCN(C(=O)CCCc3ccc(-c4ccc5[nH]nc(N)c5c4)cc3)C2)cc2ccccc21. The number of carbonyl (C=O) groups excluding carboxylic acids is 1. The number of aryl methyl sites for hydroxylation is 2. The minimum atomic E-state index is 0.277. The molecule has 7 nitrogen and oxygen atoms in total. The Bertz CT molecular complexity index is 1630. The maximum absolute atomic E-state index is 13.3. The normalized spacial score (nSPS) is 15.6. The quantitative estimate of drug-likeness (QED) is 0.194. The van der Waals surface area contributed by atoms with Gasteiger partial charge in [0, 0.05) is 62.3 Å². The summed E-state index contributed by atoms with van der Waals surface area (Å²) >= 11 is 0. The number of nitrogen functional groups attached to an aromatic ring is 1. The topological polar surface area (TPSA) is 89.2 Å². The molecule has 212 valence electrons. The molecular weight excluding hydrogens is 510 g/mol. The van der Waals surface area contributed by atoms with Crippen LogP contribution in [0.25, 0.3) is 32.9 Å². The molecule has 0 bridgehead atoms. The molecule has 6 rings (SSSR count). The number of methoxy groups -OCH3 is 1. The Balaban J connectivity index is 1.06. The minimum Gasteiger partial charge on any atom is -0.385 e. The summed E-state index contributed by atoms with van der Waals surface area (Å²) in [6.07, 6.45) is 5.48. The molecule has 1 unspecified atom stereocenters. The number of hydrogen-bond acceptors (Lipinski definition) is 4. The average Bonchev–Trinajstić information content (AvgIpc) is 3.57. The Morgan fingerprint density at radius 1 is 1.05 bits per heavy atom. The van der Waals surface area contributed by atoms with Gasteiger partial charge in [-0.25, -0.2) is 0 Å². The summed E-state index contributed by atoms with van der Waals surface area (Å²) in [6.45, 7) is 3.35. The lowest BCUT2D eigenvalue weighted by Crippen LogP contribution is -2.39. The predicted octanol–water partition coefficient (Wildman–Crippen LogP) is 6.53. The number of nitrogens with two attached hydrogens (primary N) is 1. The average molecular weight is 550 g/mol. The molecule has 0 spiro atoms. The van der Waals surface area contributed by atoms with Crippen molar-refractivity contribution in [3.63, 3.8) is 0 Å². The van der Waals surface area contributed by atoms with Gasteiger partial charge in [0.2, 0.25) is 5.91 Å². The summed E-state index contributed by atoms with van der Waals surface area (Å²) in [5.74, 6) is 1.17. The van der Waals surface area contributed by atoms with Crippen molar-refractivity contribution in [3.05, 3.63) is 84.1 Å². The number of hydrogen-bond donors (Lipinski definition) is 2. The van der Waals surface area contributed by atoms with E-state index in [0.29, 0.717) is 18.2 Å². The third kappa shape index (κ3) is 5.86. The highest BCUT2D eigenvalue weighted by molar-refractivity contribution is 5.92. The zero-order valence-electron chi connectivity index (χ0n) is 23.8. The van der Waals surface area contributed by atoms with Crippen LogP contribution in [0.4, 0.5) is 5.82 Å². The van der Waals surface area contributed by atoms with Gasteiger partial charge in [-0.3, -0.25) is 9.89 Å². The van der Waals surface area contributed by atoms with E-state index in [1.54, 1.807) is 7.11 Å². The first-order chi connectivity index (χ1) is 20.1. The molecule has 1 amide bonds. The number of benzene rings is 3. The fourth-order valence-electron chi connectivity index (χ4n) is 6.31. The molecule has 2 aromatic heterocycles. The molecule has 3 aromatic carbocycles. The van der Waals surface area contributed by atoms with Crippen LogP contribution in [0.5, 0.6) is 0 Å². The third-order valence-corrected chi connectivity index (χ3v) is 8.50. The molecule has 0 aliphatic carbocycles. The molecule has 1 aliphatic heterocycles. The molecule has 1 fully saturated rings. The smallest absolute Gasteiger partial charge is 0.222 e. The van der Waals surface area contributed by atoms with E-state index in [9.17, 15) is 4.79 Å². The molecule has 1 atom stereocenters. The van der Waals surface area contributed by atoms with Crippen LogP contribution in [-0.4, -0.2) is 52.4 Å². The van der Waals surface area contributed by atoms with E-state index in [2.05, 4.69) is 86.4 Å². The van der Waals surface area contributed by atoms with Crippen molar-refractivity contribution in [2.75, 3.05) is 32.5 Å². The van der Waals surface area contributed by atoms with Gasteiger partial charge in [-0.15, -0.1) is 0 Å². The molecule has 1 aliphatic rings. The van der Waals surface area contributed by atoms with Crippen LogP contribution in [0.2, 0.25) is 0 Å². The number of likely N-dealkylation sites (tertiary alicyclic amines) is 1. The van der Waals surface area contributed by atoms with Gasteiger partial charge in [0.1, 0.15) is 0 Å². The standard InChI is InChI=1S/C34H39N5O2/c1-41-20-6-19-39-31-10-3-2-8-27(31)22-32(39)28-9-5-18-38(23-28)33(40)11-4-7-24-12-14-25(15-13-24)26-16-17-30-29(21-26)34(35)37-36-30/h2-3,8,10,12-17,21-22,28H,4-7,9,11,18-20,23H2,1H3,(H3,35,36,37). The largest absolute Gasteiger partial charge is 0.385 e. The van der Waals surface area contributed by atoms with Gasteiger partial charge in [-0.05, 0) is 78.4 Å². The fourth-order valence-corrected chi connectivity index (χ4v) is 6.31. The van der Waals surface area contributed by atoms with Gasteiger partial charge in [0.15, 0.2) is 5.82 Å². The van der Waals surface area contributed by atoms with Crippen molar-refractivity contribution >= 4 is 33.5 Å². The minimum absolute atomic E-state index is 0.277. The second-order valence-corrected chi connectivity index (χ2v) is 11.2. The maximum Gasteiger partial charge on any atom is 0.222 e. The van der Waals surface area contributed by atoms with Crippen molar-refractivity contribution in [2.24, 2.45) is 0 Å². The van der Waals surface area contributed by atoms with Crippen LogP contribution in [0.1, 0.15) is 49.3 Å². The number of para-hydroxylation sites is 1. The first kappa shape index (κ1) is 27.1. The van der Waals surface area contributed by atoms with E-state index in [1.807, 2.05) is 6.07 Å². The maximum atomic E-state index is 13.3. The van der Waals surface area contributed by atoms with Crippen molar-refractivity contribution in [1.29, 1.82) is 0 Å². The number of piperidine rings is 1. The monoisotopic (exact) mass is 549 g/mol. The number of nitrogens with zero attached hydrogens (tertiary/aromatic N) is 3. The van der Waals surface area contributed by atoms with E-state index in [-0.39, 0.29) is 5.91 Å². The van der Waals surface area contributed by atoms with E-state index < -0.39 is 0 Å². The Hall–Kier alpha value is -4.10. The summed E-state index contributed by atoms with van der Waals surface area (Å²) in [7, 11) is 1.76. The van der Waals surface area contributed by atoms with Crippen LogP contribution in [-0.2, 0) is 22.5 Å². The lowest BCUT2D eigenvalue weighted by molar-refractivity contribution is -0.132. The van der Waals surface area contributed by atoms with Gasteiger partial charge < -0.3 is 19.9 Å². The van der Waals surface area contributed by atoms with Gasteiger partial charge in [-0.2, -0.15) is 5.10 Å². The number of carbonyl (C=O) groups is 1. The van der Waals surface area contributed by atoms with Crippen LogP contribution < -0.4 is 5.73 Å². The number of fused-ring (bicyclic) bond motifs is 2. The lowest BCUT2D eigenvalue weighted by Gasteiger charge is -2.33. The highest BCUT2D eigenvalue weighted by Gasteiger charge is 2.27. The number of rotatable bonds is 10. The summed E-state index contributed by atoms with van der Waals surface area (Å²) in [6, 6.07) is 25.8. The molecule has 41 heavy (non-hydrogen) atoms. The molecule has 5 aromatic rings. The number of ether oxygens (including phenoxy) is 1. The fraction of sp³-hybridized carbons (Fsp3) is 0.353. The molecule has 3 heterocycles. The van der Waals surface area contributed by atoms with Crippen molar-refractivity contribution in [1.82, 2.24) is 19.7 Å². The highest BCUT2D eigenvalue weighted by atomic mass is 16.5.